The Morgan fingerprint density at radius 1 is 1.04 bits per heavy atom. The minimum atomic E-state index is -3.86. The average molecular weight is 403 g/mol. The van der Waals surface area contributed by atoms with E-state index >= 15 is 0 Å². The molecule has 1 N–H and O–H groups in total. The van der Waals surface area contributed by atoms with E-state index in [-0.39, 0.29) is 16.7 Å². The highest BCUT2D eigenvalue weighted by atomic mass is 32.2. The first kappa shape index (κ1) is 23.4. The third kappa shape index (κ3) is 7.10. The molecule has 1 atom stereocenters. The lowest BCUT2D eigenvalue weighted by atomic mass is 10.0. The molecule has 8 nitrogen and oxygen atoms in total. The second kappa shape index (κ2) is 11.2. The van der Waals surface area contributed by atoms with E-state index < -0.39 is 16.1 Å². The maximum Gasteiger partial charge on any atom is 0.241 e. The van der Waals surface area contributed by atoms with Crippen molar-refractivity contribution in [3.63, 3.8) is 0 Å². The summed E-state index contributed by atoms with van der Waals surface area (Å²) in [5.41, 5.74) is 0. The molecular formula is C18H30N2O6S. The van der Waals surface area contributed by atoms with Crippen LogP contribution in [-0.4, -0.2) is 72.9 Å². The molecule has 0 saturated carbocycles. The van der Waals surface area contributed by atoms with Crippen LogP contribution in [0.25, 0.3) is 0 Å². The van der Waals surface area contributed by atoms with Gasteiger partial charge in [-0.15, -0.1) is 0 Å². The minimum absolute atomic E-state index is 0.0714. The number of rotatable bonds is 12. The molecule has 154 valence electrons. The number of carbonyl (C=O) groups is 1. The van der Waals surface area contributed by atoms with Crippen molar-refractivity contribution in [1.82, 2.24) is 9.62 Å². The van der Waals surface area contributed by atoms with E-state index in [1.54, 1.807) is 45.1 Å². The summed E-state index contributed by atoms with van der Waals surface area (Å²) in [6.45, 7) is 5.00. The zero-order valence-corrected chi connectivity index (χ0v) is 17.4. The van der Waals surface area contributed by atoms with Gasteiger partial charge in [0.2, 0.25) is 15.9 Å². The average Bonchev–Trinajstić information content (AvgIpc) is 2.65. The van der Waals surface area contributed by atoms with Crippen LogP contribution in [0.5, 0.6) is 5.75 Å². The molecule has 0 heterocycles. The Morgan fingerprint density at radius 2 is 1.56 bits per heavy atom. The van der Waals surface area contributed by atoms with Crippen molar-refractivity contribution in [1.29, 1.82) is 0 Å². The number of carbonyl (C=O) groups excluding carboxylic acids is 1. The highest BCUT2D eigenvalue weighted by Crippen LogP contribution is 2.17. The van der Waals surface area contributed by atoms with Gasteiger partial charge in [0.1, 0.15) is 11.8 Å². The molecule has 0 spiro atoms. The molecule has 0 aliphatic heterocycles. The van der Waals surface area contributed by atoms with E-state index in [1.807, 2.05) is 0 Å². The Bertz CT molecular complexity index is 668. The summed E-state index contributed by atoms with van der Waals surface area (Å²) in [5.74, 6) is 0.00467. The predicted octanol–water partition coefficient (Wildman–Crippen LogP) is 1.12. The van der Waals surface area contributed by atoms with Gasteiger partial charge in [0.05, 0.1) is 25.2 Å². The van der Waals surface area contributed by atoms with Crippen molar-refractivity contribution < 1.29 is 27.4 Å². The number of benzene rings is 1. The van der Waals surface area contributed by atoms with Gasteiger partial charge in [0.15, 0.2) is 0 Å². The molecule has 0 fully saturated rings. The number of hydrogen-bond acceptors (Lipinski definition) is 6. The summed E-state index contributed by atoms with van der Waals surface area (Å²) < 4.78 is 43.1. The second-order valence-electron chi connectivity index (χ2n) is 6.33. The standard InChI is InChI=1S/C18H30N2O6S/c1-14(2)17(18(21)20(10-12-24-3)11-13-25-4)19-27(22,23)16-8-6-15(26-5)7-9-16/h6-9,14,17,19H,10-13H2,1-5H3/t17-/m0/s1. The molecular weight excluding hydrogens is 372 g/mol. The maximum atomic E-state index is 13.0. The monoisotopic (exact) mass is 402 g/mol. The van der Waals surface area contributed by atoms with Crippen LogP contribution in [-0.2, 0) is 24.3 Å². The summed E-state index contributed by atoms with van der Waals surface area (Å²) >= 11 is 0. The van der Waals surface area contributed by atoms with Gasteiger partial charge in [0, 0.05) is 27.3 Å². The first-order valence-electron chi connectivity index (χ1n) is 8.69. The van der Waals surface area contributed by atoms with Crippen LogP contribution in [0, 0.1) is 5.92 Å². The van der Waals surface area contributed by atoms with Crippen molar-refractivity contribution in [2.75, 3.05) is 47.6 Å². The van der Waals surface area contributed by atoms with E-state index in [2.05, 4.69) is 4.72 Å². The number of methoxy groups -OCH3 is 3. The van der Waals surface area contributed by atoms with Crippen LogP contribution in [0.3, 0.4) is 0 Å². The van der Waals surface area contributed by atoms with Crippen LogP contribution in [0.2, 0.25) is 0 Å². The zero-order chi connectivity index (χ0) is 20.4. The fraction of sp³-hybridized carbons (Fsp3) is 0.611. The van der Waals surface area contributed by atoms with E-state index in [4.69, 9.17) is 14.2 Å². The van der Waals surface area contributed by atoms with E-state index in [1.165, 1.54) is 19.2 Å². The Balaban J connectivity index is 3.01. The largest absolute Gasteiger partial charge is 0.497 e. The molecule has 0 aromatic heterocycles. The van der Waals surface area contributed by atoms with Crippen LogP contribution >= 0.6 is 0 Å². The number of amides is 1. The molecule has 0 saturated heterocycles. The molecule has 0 radical (unpaired) electrons. The fourth-order valence-electron chi connectivity index (χ4n) is 2.39. The van der Waals surface area contributed by atoms with E-state index in [0.29, 0.717) is 32.1 Å². The van der Waals surface area contributed by atoms with Crippen LogP contribution in [0.15, 0.2) is 29.2 Å². The third-order valence-electron chi connectivity index (χ3n) is 4.03. The number of nitrogens with zero attached hydrogens (tertiary/aromatic N) is 1. The Hall–Kier alpha value is -1.68. The first-order chi connectivity index (χ1) is 12.8. The molecule has 0 unspecified atom stereocenters. The summed E-state index contributed by atoms with van der Waals surface area (Å²) in [6, 6.07) is 5.10. The number of hydrogen-bond donors (Lipinski definition) is 1. The number of sulfonamides is 1. The van der Waals surface area contributed by atoms with Crippen molar-refractivity contribution in [3.05, 3.63) is 24.3 Å². The van der Waals surface area contributed by atoms with Crippen LogP contribution in [0.1, 0.15) is 13.8 Å². The zero-order valence-electron chi connectivity index (χ0n) is 16.6. The van der Waals surface area contributed by atoms with Crippen molar-refractivity contribution in [2.24, 2.45) is 5.92 Å². The number of nitrogens with one attached hydrogen (secondary N) is 1. The third-order valence-corrected chi connectivity index (χ3v) is 5.48. The first-order valence-corrected chi connectivity index (χ1v) is 10.2. The predicted molar refractivity (Wildman–Crippen MR) is 102 cm³/mol. The molecule has 1 aromatic rings. The molecule has 27 heavy (non-hydrogen) atoms. The molecule has 1 rings (SSSR count). The fourth-order valence-corrected chi connectivity index (χ4v) is 3.73. The summed E-state index contributed by atoms with van der Waals surface area (Å²) in [5, 5.41) is 0. The lowest BCUT2D eigenvalue weighted by Crippen LogP contribution is -2.52. The highest BCUT2D eigenvalue weighted by molar-refractivity contribution is 7.89. The highest BCUT2D eigenvalue weighted by Gasteiger charge is 2.31. The van der Waals surface area contributed by atoms with Gasteiger partial charge >= 0.3 is 0 Å². The van der Waals surface area contributed by atoms with Gasteiger partial charge in [-0.05, 0) is 30.2 Å². The molecule has 0 bridgehead atoms. The van der Waals surface area contributed by atoms with Crippen LogP contribution < -0.4 is 9.46 Å². The second-order valence-corrected chi connectivity index (χ2v) is 8.04. The molecule has 9 heteroatoms. The van der Waals surface area contributed by atoms with Gasteiger partial charge in [-0.1, -0.05) is 13.8 Å². The van der Waals surface area contributed by atoms with Crippen LogP contribution in [0.4, 0.5) is 0 Å². The Labute approximate surface area is 161 Å². The van der Waals surface area contributed by atoms with Gasteiger partial charge in [0.25, 0.3) is 0 Å². The Morgan fingerprint density at radius 3 is 1.96 bits per heavy atom. The summed E-state index contributed by atoms with van der Waals surface area (Å²) in [6.07, 6.45) is 0. The minimum Gasteiger partial charge on any atom is -0.497 e. The molecule has 0 aliphatic carbocycles. The lowest BCUT2D eigenvalue weighted by Gasteiger charge is -2.29. The van der Waals surface area contributed by atoms with E-state index in [0.717, 1.165) is 0 Å². The van der Waals surface area contributed by atoms with Gasteiger partial charge in [-0.2, -0.15) is 4.72 Å². The van der Waals surface area contributed by atoms with Gasteiger partial charge in [-0.3, -0.25) is 4.79 Å². The van der Waals surface area contributed by atoms with Gasteiger partial charge in [-0.25, -0.2) is 8.42 Å². The normalized spacial score (nSPS) is 12.8. The van der Waals surface area contributed by atoms with Crippen molar-refractivity contribution in [2.45, 2.75) is 24.8 Å². The van der Waals surface area contributed by atoms with Crippen molar-refractivity contribution >= 4 is 15.9 Å². The van der Waals surface area contributed by atoms with Gasteiger partial charge < -0.3 is 19.1 Å². The maximum absolute atomic E-state index is 13.0. The molecule has 1 amide bonds. The van der Waals surface area contributed by atoms with E-state index in [9.17, 15) is 13.2 Å². The Kier molecular flexibility index (Phi) is 9.71. The topological polar surface area (TPSA) is 94.2 Å². The smallest absolute Gasteiger partial charge is 0.241 e. The summed E-state index contributed by atoms with van der Waals surface area (Å²) in [7, 11) is 0.733. The lowest BCUT2D eigenvalue weighted by molar-refractivity contribution is -0.135. The summed E-state index contributed by atoms with van der Waals surface area (Å²) in [4.78, 5) is 14.6. The molecule has 0 aliphatic rings. The SMILES string of the molecule is COCCN(CCOC)C(=O)[C@@H](NS(=O)(=O)c1ccc(OC)cc1)C(C)C. The molecule has 1 aromatic carbocycles. The number of ether oxygens (including phenoxy) is 3. The quantitative estimate of drug-likeness (QED) is 0.563. The van der Waals surface area contributed by atoms with Crippen molar-refractivity contribution in [3.8, 4) is 5.75 Å².